The average Bonchev–Trinajstić information content (AvgIpc) is 2.88. The van der Waals surface area contributed by atoms with Crippen LogP contribution in [0.1, 0.15) is 25.7 Å². The summed E-state index contributed by atoms with van der Waals surface area (Å²) in [4.78, 5) is 12.5. The molecule has 0 fully saturated rings. The quantitative estimate of drug-likeness (QED) is 0.832. The highest BCUT2D eigenvalue weighted by Crippen LogP contribution is 2.11. The summed E-state index contributed by atoms with van der Waals surface area (Å²) in [6.07, 6.45) is 6.24. The predicted octanol–water partition coefficient (Wildman–Crippen LogP) is 1.46. The van der Waals surface area contributed by atoms with Gasteiger partial charge in [0.15, 0.2) is 0 Å². The number of nitrogens with one attached hydrogen (secondary N) is 1. The first-order chi connectivity index (χ1) is 8.83. The third-order valence-electron chi connectivity index (χ3n) is 2.70. The lowest BCUT2D eigenvalue weighted by Crippen LogP contribution is -2.27. The second-order valence-corrected chi connectivity index (χ2v) is 4.06. The van der Waals surface area contributed by atoms with Crippen molar-refractivity contribution < 1.29 is 4.52 Å². The lowest BCUT2D eigenvalue weighted by molar-refractivity contribution is 0.356. The van der Waals surface area contributed by atoms with E-state index in [1.54, 1.807) is 18.5 Å². The molecule has 0 saturated carbocycles. The molecule has 0 spiro atoms. The summed E-state index contributed by atoms with van der Waals surface area (Å²) in [7, 11) is 1.94. The monoisotopic (exact) mass is 247 g/mol. The van der Waals surface area contributed by atoms with Gasteiger partial charge in [0.05, 0.1) is 0 Å². The van der Waals surface area contributed by atoms with Gasteiger partial charge in [-0.05, 0) is 19.5 Å². The van der Waals surface area contributed by atoms with E-state index in [2.05, 4.69) is 32.3 Å². The van der Waals surface area contributed by atoms with Gasteiger partial charge in [0, 0.05) is 24.9 Å². The molecule has 0 radical (unpaired) electrons. The molecule has 0 aromatic carbocycles. The number of hydrogen-bond donors (Lipinski definition) is 1. The molecule has 18 heavy (non-hydrogen) atoms. The van der Waals surface area contributed by atoms with E-state index in [4.69, 9.17) is 4.52 Å². The Morgan fingerprint density at radius 1 is 1.28 bits per heavy atom. The molecule has 0 amide bonds. The Hall–Kier alpha value is -1.82. The molecule has 2 heterocycles. The predicted molar refractivity (Wildman–Crippen MR) is 66.8 cm³/mol. The van der Waals surface area contributed by atoms with E-state index in [0.717, 1.165) is 19.3 Å². The zero-order chi connectivity index (χ0) is 12.8. The average molecular weight is 247 g/mol. The molecule has 0 bridgehead atoms. The fourth-order valence-electron chi connectivity index (χ4n) is 1.75. The van der Waals surface area contributed by atoms with Crippen molar-refractivity contribution >= 4 is 0 Å². The van der Waals surface area contributed by atoms with Crippen molar-refractivity contribution in [2.75, 3.05) is 7.05 Å². The van der Waals surface area contributed by atoms with Gasteiger partial charge in [-0.3, -0.25) is 0 Å². The van der Waals surface area contributed by atoms with Gasteiger partial charge < -0.3 is 9.84 Å². The molecule has 1 atom stereocenters. The van der Waals surface area contributed by atoms with Crippen LogP contribution >= 0.6 is 0 Å². The van der Waals surface area contributed by atoms with Crippen LogP contribution in [-0.2, 0) is 6.42 Å². The molecular weight excluding hydrogens is 230 g/mol. The Labute approximate surface area is 106 Å². The maximum Gasteiger partial charge on any atom is 0.240 e. The number of likely N-dealkylation sites (N-methyl/N-ethyl adjacent to an activating group) is 1. The van der Waals surface area contributed by atoms with Gasteiger partial charge in [0.1, 0.15) is 0 Å². The second-order valence-electron chi connectivity index (χ2n) is 4.06. The van der Waals surface area contributed by atoms with Crippen LogP contribution in [0.2, 0.25) is 0 Å². The van der Waals surface area contributed by atoms with E-state index in [9.17, 15) is 0 Å². The molecule has 0 aliphatic heterocycles. The maximum atomic E-state index is 5.22. The van der Waals surface area contributed by atoms with Gasteiger partial charge >= 0.3 is 0 Å². The van der Waals surface area contributed by atoms with Crippen LogP contribution in [0.25, 0.3) is 11.6 Å². The van der Waals surface area contributed by atoms with Crippen molar-refractivity contribution in [1.29, 1.82) is 0 Å². The van der Waals surface area contributed by atoms with Gasteiger partial charge in [0.25, 0.3) is 0 Å². The normalized spacial score (nSPS) is 12.6. The largest absolute Gasteiger partial charge is 0.339 e. The molecule has 1 N–H and O–H groups in total. The van der Waals surface area contributed by atoms with Gasteiger partial charge in [-0.25, -0.2) is 9.97 Å². The SMILES string of the molecule is CCCC(Cc1nc(-c2ncccn2)no1)NC. The van der Waals surface area contributed by atoms with Crippen molar-refractivity contribution in [1.82, 2.24) is 25.4 Å². The van der Waals surface area contributed by atoms with Crippen LogP contribution in [0, 0.1) is 0 Å². The first kappa shape index (κ1) is 12.6. The number of aromatic nitrogens is 4. The zero-order valence-electron chi connectivity index (χ0n) is 10.6. The van der Waals surface area contributed by atoms with Crippen molar-refractivity contribution in [3.05, 3.63) is 24.4 Å². The van der Waals surface area contributed by atoms with Gasteiger partial charge in [-0.1, -0.05) is 18.5 Å². The maximum absolute atomic E-state index is 5.22. The third-order valence-corrected chi connectivity index (χ3v) is 2.70. The zero-order valence-corrected chi connectivity index (χ0v) is 10.6. The fourth-order valence-corrected chi connectivity index (χ4v) is 1.75. The minimum absolute atomic E-state index is 0.361. The molecule has 2 aromatic rings. The summed E-state index contributed by atoms with van der Waals surface area (Å²) in [6.45, 7) is 2.15. The van der Waals surface area contributed by atoms with Crippen LogP contribution in [0.15, 0.2) is 23.0 Å². The van der Waals surface area contributed by atoms with Crippen LogP contribution in [0.3, 0.4) is 0 Å². The summed E-state index contributed by atoms with van der Waals surface area (Å²) in [5.74, 6) is 1.55. The molecule has 0 aliphatic rings. The number of nitrogens with zero attached hydrogens (tertiary/aromatic N) is 4. The first-order valence-corrected chi connectivity index (χ1v) is 6.10. The van der Waals surface area contributed by atoms with E-state index < -0.39 is 0 Å². The smallest absolute Gasteiger partial charge is 0.240 e. The number of hydrogen-bond acceptors (Lipinski definition) is 6. The highest BCUT2D eigenvalue weighted by atomic mass is 16.5. The summed E-state index contributed by atoms with van der Waals surface area (Å²) in [6, 6.07) is 2.11. The topological polar surface area (TPSA) is 76.7 Å². The van der Waals surface area contributed by atoms with Crippen LogP contribution < -0.4 is 5.32 Å². The van der Waals surface area contributed by atoms with Crippen molar-refractivity contribution in [3.63, 3.8) is 0 Å². The minimum atomic E-state index is 0.361. The van der Waals surface area contributed by atoms with Crippen molar-refractivity contribution in [3.8, 4) is 11.6 Å². The Kier molecular flexibility index (Phi) is 4.35. The Bertz CT molecular complexity index is 470. The van der Waals surface area contributed by atoms with Crippen LogP contribution in [-0.4, -0.2) is 33.2 Å². The summed E-state index contributed by atoms with van der Waals surface area (Å²) in [5.41, 5.74) is 0. The standard InChI is InChI=1S/C12H17N5O/c1-3-5-9(13-2)8-10-16-12(17-18-10)11-14-6-4-7-15-11/h4,6-7,9,13H,3,5,8H2,1-2H3. The van der Waals surface area contributed by atoms with E-state index >= 15 is 0 Å². The fraction of sp³-hybridized carbons (Fsp3) is 0.500. The lowest BCUT2D eigenvalue weighted by Gasteiger charge is -2.11. The Morgan fingerprint density at radius 2 is 2.06 bits per heavy atom. The van der Waals surface area contributed by atoms with E-state index in [1.807, 2.05) is 7.05 Å². The Balaban J connectivity index is 2.06. The summed E-state index contributed by atoms with van der Waals surface area (Å²) >= 11 is 0. The van der Waals surface area contributed by atoms with Crippen LogP contribution in [0.4, 0.5) is 0 Å². The van der Waals surface area contributed by atoms with E-state index in [0.29, 0.717) is 23.6 Å². The summed E-state index contributed by atoms with van der Waals surface area (Å²) < 4.78 is 5.22. The van der Waals surface area contributed by atoms with Gasteiger partial charge in [-0.15, -0.1) is 0 Å². The molecule has 0 saturated heterocycles. The molecule has 2 rings (SSSR count). The number of rotatable bonds is 6. The Morgan fingerprint density at radius 3 is 2.72 bits per heavy atom. The van der Waals surface area contributed by atoms with Crippen LogP contribution in [0.5, 0.6) is 0 Å². The second kappa shape index (κ2) is 6.20. The lowest BCUT2D eigenvalue weighted by atomic mass is 10.1. The van der Waals surface area contributed by atoms with E-state index in [1.165, 1.54) is 0 Å². The molecule has 6 heteroatoms. The van der Waals surface area contributed by atoms with Gasteiger partial charge in [0.2, 0.25) is 17.5 Å². The summed E-state index contributed by atoms with van der Waals surface area (Å²) in [5, 5.41) is 7.14. The van der Waals surface area contributed by atoms with Crippen molar-refractivity contribution in [2.24, 2.45) is 0 Å². The minimum Gasteiger partial charge on any atom is -0.339 e. The molecule has 2 aromatic heterocycles. The highest BCUT2D eigenvalue weighted by Gasteiger charge is 2.14. The van der Waals surface area contributed by atoms with Crippen molar-refractivity contribution in [2.45, 2.75) is 32.2 Å². The third kappa shape index (κ3) is 3.10. The molecule has 96 valence electrons. The molecule has 1 unspecified atom stereocenters. The van der Waals surface area contributed by atoms with E-state index in [-0.39, 0.29) is 0 Å². The molecular formula is C12H17N5O. The molecule has 0 aliphatic carbocycles. The first-order valence-electron chi connectivity index (χ1n) is 6.10. The molecule has 6 nitrogen and oxygen atoms in total. The highest BCUT2D eigenvalue weighted by molar-refractivity contribution is 5.40. The van der Waals surface area contributed by atoms with Gasteiger partial charge in [-0.2, -0.15) is 4.98 Å².